The fourth-order valence-electron chi connectivity index (χ4n) is 3.00. The molecule has 0 aromatic heterocycles. The molecule has 2 rings (SSSR count). The van der Waals surface area contributed by atoms with Crippen LogP contribution >= 0.6 is 0 Å². The van der Waals surface area contributed by atoms with E-state index in [0.29, 0.717) is 0 Å². The second-order valence-corrected chi connectivity index (χ2v) is 8.46. The molecule has 0 heterocycles. The summed E-state index contributed by atoms with van der Waals surface area (Å²) in [5.41, 5.74) is -1.22. The highest BCUT2D eigenvalue weighted by Gasteiger charge is 2.32. The average Bonchev–Trinajstić information content (AvgIpc) is 2.74. The Kier molecular flexibility index (Phi) is 8.13. The summed E-state index contributed by atoms with van der Waals surface area (Å²) < 4.78 is 77.0. The molecule has 0 fully saturated rings. The first kappa shape index (κ1) is 25.5. The van der Waals surface area contributed by atoms with Gasteiger partial charge >= 0.3 is 6.18 Å². The van der Waals surface area contributed by atoms with Gasteiger partial charge in [-0.25, -0.2) is 8.42 Å². The number of hydrogen-bond donors (Lipinski definition) is 1. The number of anilines is 1. The average molecular weight is 475 g/mol. The van der Waals surface area contributed by atoms with E-state index in [4.69, 9.17) is 9.47 Å². The van der Waals surface area contributed by atoms with Crippen molar-refractivity contribution in [2.45, 2.75) is 31.8 Å². The van der Waals surface area contributed by atoms with Gasteiger partial charge in [0.25, 0.3) is 5.91 Å². The van der Waals surface area contributed by atoms with Crippen LogP contribution in [0.4, 0.5) is 18.9 Å². The molecule has 0 saturated heterocycles. The molecule has 0 atom stereocenters. The molecule has 0 aliphatic rings. The maximum atomic E-state index is 13.1. The number of alkyl halides is 3. The van der Waals surface area contributed by atoms with Crippen LogP contribution < -0.4 is 14.8 Å². The molecule has 0 unspecified atom stereocenters. The van der Waals surface area contributed by atoms with Crippen molar-refractivity contribution < 1.29 is 35.9 Å². The SMILES string of the molecule is CCOc1ccc(C(F)(F)F)cc1NC(=O)c1ccc(OC)c(S(=O)(=O)N(CC)CC)c1. The summed E-state index contributed by atoms with van der Waals surface area (Å²) in [4.78, 5) is 12.6. The zero-order valence-corrected chi connectivity index (χ0v) is 18.9. The van der Waals surface area contributed by atoms with E-state index < -0.39 is 27.7 Å². The van der Waals surface area contributed by atoms with Crippen LogP contribution in [0.5, 0.6) is 11.5 Å². The van der Waals surface area contributed by atoms with Gasteiger partial charge in [-0.1, -0.05) is 13.8 Å². The molecule has 0 aliphatic heterocycles. The Morgan fingerprint density at radius 1 is 1.03 bits per heavy atom. The van der Waals surface area contributed by atoms with Crippen molar-refractivity contribution in [3.8, 4) is 11.5 Å². The van der Waals surface area contributed by atoms with Crippen molar-refractivity contribution in [1.82, 2.24) is 4.31 Å². The molecule has 11 heteroatoms. The van der Waals surface area contributed by atoms with Crippen molar-refractivity contribution in [3.05, 3.63) is 47.5 Å². The van der Waals surface area contributed by atoms with Crippen LogP contribution in [0.25, 0.3) is 0 Å². The third-order valence-electron chi connectivity index (χ3n) is 4.60. The van der Waals surface area contributed by atoms with E-state index in [1.165, 1.54) is 23.5 Å². The minimum Gasteiger partial charge on any atom is -0.495 e. The molecule has 32 heavy (non-hydrogen) atoms. The van der Waals surface area contributed by atoms with E-state index >= 15 is 0 Å². The van der Waals surface area contributed by atoms with Crippen molar-refractivity contribution in [2.75, 3.05) is 32.1 Å². The van der Waals surface area contributed by atoms with Crippen molar-refractivity contribution >= 4 is 21.6 Å². The topological polar surface area (TPSA) is 84.9 Å². The van der Waals surface area contributed by atoms with Gasteiger partial charge in [0.2, 0.25) is 10.0 Å². The van der Waals surface area contributed by atoms with Crippen LogP contribution in [0.2, 0.25) is 0 Å². The number of nitrogens with zero attached hydrogens (tertiary/aromatic N) is 1. The van der Waals surface area contributed by atoms with Gasteiger partial charge in [0.05, 0.1) is 25.0 Å². The highest BCUT2D eigenvalue weighted by atomic mass is 32.2. The summed E-state index contributed by atoms with van der Waals surface area (Å²) in [6, 6.07) is 6.51. The lowest BCUT2D eigenvalue weighted by Crippen LogP contribution is -2.31. The molecule has 2 aromatic rings. The van der Waals surface area contributed by atoms with Gasteiger partial charge < -0.3 is 14.8 Å². The first-order valence-electron chi connectivity index (χ1n) is 9.83. The van der Waals surface area contributed by atoms with Crippen LogP contribution in [0.3, 0.4) is 0 Å². The van der Waals surface area contributed by atoms with Crippen LogP contribution in [0, 0.1) is 0 Å². The Morgan fingerprint density at radius 2 is 1.66 bits per heavy atom. The van der Waals surface area contributed by atoms with Crippen molar-refractivity contribution in [2.24, 2.45) is 0 Å². The molecule has 0 aliphatic carbocycles. The Hall–Kier alpha value is -2.79. The molecule has 176 valence electrons. The Morgan fingerprint density at radius 3 is 2.19 bits per heavy atom. The molecular weight excluding hydrogens is 449 g/mol. The summed E-state index contributed by atoms with van der Waals surface area (Å²) in [5, 5.41) is 2.38. The lowest BCUT2D eigenvalue weighted by molar-refractivity contribution is -0.137. The molecule has 7 nitrogen and oxygen atoms in total. The number of nitrogens with one attached hydrogen (secondary N) is 1. The van der Waals surface area contributed by atoms with E-state index in [-0.39, 0.29) is 47.3 Å². The molecule has 1 amide bonds. The van der Waals surface area contributed by atoms with Gasteiger partial charge in [-0.15, -0.1) is 0 Å². The van der Waals surface area contributed by atoms with Gasteiger partial charge in [0.15, 0.2) is 0 Å². The van der Waals surface area contributed by atoms with Crippen LogP contribution in [-0.2, 0) is 16.2 Å². The standard InChI is InChI=1S/C21H25F3N2O5S/c1-5-26(6-2)32(28,29)19-12-14(8-10-18(19)30-4)20(27)25-16-13-15(21(22,23)24)9-11-17(16)31-7-3/h8-13H,5-7H2,1-4H3,(H,25,27). The number of halogens is 3. The fourth-order valence-corrected chi connectivity index (χ4v) is 4.64. The van der Waals surface area contributed by atoms with E-state index in [9.17, 15) is 26.4 Å². The number of ether oxygens (including phenoxy) is 2. The fraction of sp³-hybridized carbons (Fsp3) is 0.381. The first-order valence-corrected chi connectivity index (χ1v) is 11.3. The molecule has 0 spiro atoms. The van der Waals surface area contributed by atoms with Crippen LogP contribution in [-0.4, -0.2) is 45.4 Å². The normalized spacial score (nSPS) is 12.0. The number of rotatable bonds is 9. The third kappa shape index (κ3) is 5.52. The predicted molar refractivity (Wildman–Crippen MR) is 114 cm³/mol. The minimum atomic E-state index is -4.62. The molecule has 2 aromatic carbocycles. The summed E-state index contributed by atoms with van der Waals surface area (Å²) in [5.74, 6) is -0.704. The van der Waals surface area contributed by atoms with Crippen LogP contribution in [0.15, 0.2) is 41.3 Å². The molecule has 0 radical (unpaired) electrons. The molecule has 1 N–H and O–H groups in total. The summed E-state index contributed by atoms with van der Waals surface area (Å²) in [6.45, 7) is 5.58. The highest BCUT2D eigenvalue weighted by molar-refractivity contribution is 7.89. The van der Waals surface area contributed by atoms with Crippen molar-refractivity contribution in [3.63, 3.8) is 0 Å². The minimum absolute atomic E-state index is 0.0440. The first-order chi connectivity index (χ1) is 15.0. The summed E-state index contributed by atoms with van der Waals surface area (Å²) in [6.07, 6.45) is -4.62. The predicted octanol–water partition coefficient (Wildman–Crippen LogP) is 4.40. The quantitative estimate of drug-likeness (QED) is 0.583. The molecule has 0 bridgehead atoms. The Labute approximate surface area is 185 Å². The van der Waals surface area contributed by atoms with E-state index in [0.717, 1.165) is 24.3 Å². The van der Waals surface area contributed by atoms with Gasteiger partial charge in [-0.3, -0.25) is 4.79 Å². The lowest BCUT2D eigenvalue weighted by Gasteiger charge is -2.20. The molecule has 0 saturated carbocycles. The van der Waals surface area contributed by atoms with Gasteiger partial charge in [0.1, 0.15) is 16.4 Å². The zero-order valence-electron chi connectivity index (χ0n) is 18.1. The van der Waals surface area contributed by atoms with Crippen LogP contribution in [0.1, 0.15) is 36.7 Å². The lowest BCUT2D eigenvalue weighted by atomic mass is 10.1. The summed E-state index contributed by atoms with van der Waals surface area (Å²) in [7, 11) is -2.66. The number of carbonyl (C=O) groups excluding carboxylic acids is 1. The van der Waals surface area contributed by atoms with Gasteiger partial charge in [-0.05, 0) is 43.3 Å². The number of amides is 1. The number of carbonyl (C=O) groups is 1. The Balaban J connectivity index is 2.49. The largest absolute Gasteiger partial charge is 0.495 e. The van der Waals surface area contributed by atoms with E-state index in [2.05, 4.69) is 5.32 Å². The number of benzene rings is 2. The second-order valence-electron chi connectivity index (χ2n) is 6.55. The highest BCUT2D eigenvalue weighted by Crippen LogP contribution is 2.35. The van der Waals surface area contributed by atoms with Crippen molar-refractivity contribution in [1.29, 1.82) is 0 Å². The third-order valence-corrected chi connectivity index (χ3v) is 6.68. The molecular formula is C21H25F3N2O5S. The Bertz CT molecular complexity index is 1070. The van der Waals surface area contributed by atoms with Gasteiger partial charge in [-0.2, -0.15) is 17.5 Å². The van der Waals surface area contributed by atoms with Gasteiger partial charge in [0, 0.05) is 18.7 Å². The maximum absolute atomic E-state index is 13.1. The summed E-state index contributed by atoms with van der Waals surface area (Å²) >= 11 is 0. The smallest absolute Gasteiger partial charge is 0.416 e. The van der Waals surface area contributed by atoms with E-state index in [1.54, 1.807) is 20.8 Å². The second kappa shape index (κ2) is 10.2. The number of hydrogen-bond acceptors (Lipinski definition) is 5. The number of sulfonamides is 1. The zero-order chi connectivity index (χ0) is 24.1. The van der Waals surface area contributed by atoms with E-state index in [1.807, 2.05) is 0 Å². The monoisotopic (exact) mass is 474 g/mol. The maximum Gasteiger partial charge on any atom is 0.416 e. The number of methoxy groups -OCH3 is 1.